The van der Waals surface area contributed by atoms with E-state index in [9.17, 15) is 9.59 Å². The number of amides is 3. The van der Waals surface area contributed by atoms with E-state index in [1.807, 2.05) is 6.07 Å². The minimum absolute atomic E-state index is 0.176. The van der Waals surface area contributed by atoms with Crippen LogP contribution in [0.5, 0.6) is 0 Å². The molecule has 1 aliphatic heterocycles. The standard InChI is InChI=1S/C28H34N4O2/c1-28(2,17-30-27(34)31-26(33)18-8-5-4-6-9-18)15-19-11-12-22-21-10-7-13-32(3)23(21)14-20-16-29-25(19)24(20)22/h4-6,8-9,11-12,16,21,23,29H,7,10,13-15,17H2,1-3H3,(H2,30,31,33,34)/t21-,23-/m1/s1. The fourth-order valence-electron chi connectivity index (χ4n) is 5.84. The molecule has 1 fully saturated rings. The number of likely N-dealkylation sites (N-methyl/N-ethyl adjacent to an activating group) is 1. The lowest BCUT2D eigenvalue weighted by atomic mass is 9.74. The number of imide groups is 1. The Balaban J connectivity index is 1.27. The minimum Gasteiger partial charge on any atom is -0.361 e. The average Bonchev–Trinajstić information content (AvgIpc) is 3.25. The summed E-state index contributed by atoms with van der Waals surface area (Å²) in [5.74, 6) is 0.215. The molecule has 0 saturated carbocycles. The van der Waals surface area contributed by atoms with Crippen LogP contribution in [0.3, 0.4) is 0 Å². The van der Waals surface area contributed by atoms with Gasteiger partial charge in [0, 0.05) is 41.2 Å². The van der Waals surface area contributed by atoms with Gasteiger partial charge in [0.15, 0.2) is 0 Å². The number of urea groups is 1. The highest BCUT2D eigenvalue weighted by atomic mass is 16.2. The normalized spacial score (nSPS) is 20.1. The van der Waals surface area contributed by atoms with Crippen molar-refractivity contribution in [2.45, 2.75) is 51.5 Å². The van der Waals surface area contributed by atoms with Crippen LogP contribution in [0.4, 0.5) is 4.79 Å². The highest BCUT2D eigenvalue weighted by Gasteiger charge is 2.36. The van der Waals surface area contributed by atoms with Gasteiger partial charge in [0.25, 0.3) is 5.91 Å². The summed E-state index contributed by atoms with van der Waals surface area (Å²) in [6.45, 7) is 5.95. The number of nitrogens with zero attached hydrogens (tertiary/aromatic N) is 1. The van der Waals surface area contributed by atoms with Crippen molar-refractivity contribution in [1.29, 1.82) is 0 Å². The topological polar surface area (TPSA) is 77.2 Å². The van der Waals surface area contributed by atoms with Crippen molar-refractivity contribution in [3.05, 3.63) is 70.9 Å². The maximum absolute atomic E-state index is 12.3. The summed E-state index contributed by atoms with van der Waals surface area (Å²) in [4.78, 5) is 30.7. The number of nitrogens with one attached hydrogen (secondary N) is 3. The van der Waals surface area contributed by atoms with Gasteiger partial charge in [-0.15, -0.1) is 0 Å². The second kappa shape index (κ2) is 8.91. The van der Waals surface area contributed by atoms with E-state index < -0.39 is 11.9 Å². The molecule has 0 spiro atoms. The molecule has 6 heteroatoms. The smallest absolute Gasteiger partial charge is 0.321 e. The number of H-pyrrole nitrogens is 1. The number of hydrogen-bond acceptors (Lipinski definition) is 3. The van der Waals surface area contributed by atoms with Crippen LogP contribution >= 0.6 is 0 Å². The molecule has 1 aromatic heterocycles. The largest absolute Gasteiger partial charge is 0.361 e. The predicted octanol–water partition coefficient (Wildman–Crippen LogP) is 4.61. The second-order valence-corrected chi connectivity index (χ2v) is 10.7. The van der Waals surface area contributed by atoms with Gasteiger partial charge in [-0.25, -0.2) is 4.79 Å². The highest BCUT2D eigenvalue weighted by Crippen LogP contribution is 2.44. The number of aromatic nitrogens is 1. The predicted molar refractivity (Wildman–Crippen MR) is 135 cm³/mol. The minimum atomic E-state index is -0.466. The third kappa shape index (κ3) is 4.34. The van der Waals surface area contributed by atoms with Crippen LogP contribution in [0.25, 0.3) is 10.9 Å². The van der Waals surface area contributed by atoms with Gasteiger partial charge in [-0.2, -0.15) is 0 Å². The van der Waals surface area contributed by atoms with Crippen LogP contribution in [0.2, 0.25) is 0 Å². The first-order valence-corrected chi connectivity index (χ1v) is 12.3. The number of benzene rings is 2. The van der Waals surface area contributed by atoms with Crippen LogP contribution in [-0.4, -0.2) is 48.0 Å². The number of aromatic amines is 1. The van der Waals surface area contributed by atoms with E-state index in [4.69, 9.17) is 0 Å². The molecule has 2 aromatic carbocycles. The Morgan fingerprint density at radius 3 is 2.74 bits per heavy atom. The van der Waals surface area contributed by atoms with E-state index in [0.717, 1.165) is 12.8 Å². The molecule has 3 aromatic rings. The van der Waals surface area contributed by atoms with Crippen molar-refractivity contribution < 1.29 is 9.59 Å². The average molecular weight is 459 g/mol. The molecule has 2 heterocycles. The number of carbonyl (C=O) groups is 2. The van der Waals surface area contributed by atoms with E-state index in [0.29, 0.717) is 24.1 Å². The van der Waals surface area contributed by atoms with Crippen molar-refractivity contribution in [3.8, 4) is 0 Å². The molecule has 1 aliphatic carbocycles. The van der Waals surface area contributed by atoms with Gasteiger partial charge < -0.3 is 15.2 Å². The van der Waals surface area contributed by atoms with Gasteiger partial charge in [0.2, 0.25) is 0 Å². The van der Waals surface area contributed by atoms with Crippen molar-refractivity contribution in [1.82, 2.24) is 20.5 Å². The van der Waals surface area contributed by atoms with Gasteiger partial charge in [0.05, 0.1) is 0 Å². The van der Waals surface area contributed by atoms with Crippen LogP contribution in [-0.2, 0) is 12.8 Å². The number of likely N-dealkylation sites (tertiary alicyclic amines) is 1. The first-order chi connectivity index (χ1) is 16.3. The van der Waals surface area contributed by atoms with Crippen molar-refractivity contribution in [2.75, 3.05) is 20.1 Å². The molecule has 2 atom stereocenters. The van der Waals surface area contributed by atoms with E-state index in [-0.39, 0.29) is 5.41 Å². The fraction of sp³-hybridized carbons (Fsp3) is 0.429. The van der Waals surface area contributed by atoms with Crippen molar-refractivity contribution in [2.24, 2.45) is 5.41 Å². The molecule has 5 rings (SSSR count). The van der Waals surface area contributed by atoms with Gasteiger partial charge in [-0.1, -0.05) is 44.2 Å². The van der Waals surface area contributed by atoms with E-state index in [1.165, 1.54) is 47.0 Å². The zero-order valence-electron chi connectivity index (χ0n) is 20.3. The van der Waals surface area contributed by atoms with Crippen LogP contribution in [0.15, 0.2) is 48.7 Å². The Labute approximate surface area is 201 Å². The summed E-state index contributed by atoms with van der Waals surface area (Å²) in [5.41, 5.74) is 5.74. The first-order valence-electron chi connectivity index (χ1n) is 12.3. The monoisotopic (exact) mass is 458 g/mol. The maximum atomic E-state index is 12.3. The Morgan fingerprint density at radius 1 is 1.15 bits per heavy atom. The molecule has 0 bridgehead atoms. The number of carbonyl (C=O) groups excluding carboxylic acids is 2. The number of fused-ring (bicyclic) bond motifs is 2. The summed E-state index contributed by atoms with van der Waals surface area (Å²) < 4.78 is 0. The summed E-state index contributed by atoms with van der Waals surface area (Å²) in [6.07, 6.45) is 6.65. The molecule has 1 saturated heterocycles. The fourth-order valence-corrected chi connectivity index (χ4v) is 5.84. The Morgan fingerprint density at radius 2 is 1.94 bits per heavy atom. The van der Waals surface area contributed by atoms with E-state index >= 15 is 0 Å². The Hall–Kier alpha value is -3.12. The highest BCUT2D eigenvalue weighted by molar-refractivity contribution is 6.04. The summed E-state index contributed by atoms with van der Waals surface area (Å²) >= 11 is 0. The number of piperidine rings is 1. The quantitative estimate of drug-likeness (QED) is 0.523. The van der Waals surface area contributed by atoms with Gasteiger partial charge in [-0.05, 0) is 73.5 Å². The molecular formula is C28H34N4O2. The second-order valence-electron chi connectivity index (χ2n) is 10.7. The molecule has 178 valence electrons. The number of hydrogen-bond donors (Lipinski definition) is 3. The lowest BCUT2D eigenvalue weighted by Crippen LogP contribution is -2.44. The SMILES string of the molecule is CN1CCC[C@@H]2c3ccc(CC(C)(C)CNC(=O)NC(=O)c4ccccc4)c4[nH]cc(c34)C[C@H]21. The summed E-state index contributed by atoms with van der Waals surface area (Å²) in [5, 5.41) is 6.73. The maximum Gasteiger partial charge on any atom is 0.321 e. The zero-order valence-corrected chi connectivity index (χ0v) is 20.3. The Bertz CT molecular complexity index is 1210. The van der Waals surface area contributed by atoms with Crippen LogP contribution in [0.1, 0.15) is 59.7 Å². The molecular weight excluding hydrogens is 424 g/mol. The van der Waals surface area contributed by atoms with Gasteiger partial charge in [-0.3, -0.25) is 10.1 Å². The third-order valence-electron chi connectivity index (χ3n) is 7.58. The van der Waals surface area contributed by atoms with E-state index in [2.05, 4.69) is 59.7 Å². The third-order valence-corrected chi connectivity index (χ3v) is 7.58. The molecule has 3 amide bonds. The lowest BCUT2D eigenvalue weighted by molar-refractivity contribution is 0.0963. The van der Waals surface area contributed by atoms with Crippen molar-refractivity contribution >= 4 is 22.8 Å². The Kier molecular flexibility index (Phi) is 5.94. The molecule has 0 radical (unpaired) electrons. The number of rotatable bonds is 5. The van der Waals surface area contributed by atoms with E-state index in [1.54, 1.807) is 24.3 Å². The molecule has 0 unspecified atom stereocenters. The zero-order chi connectivity index (χ0) is 23.9. The molecule has 2 aliphatic rings. The first kappa shape index (κ1) is 22.7. The summed E-state index contributed by atoms with van der Waals surface area (Å²) in [7, 11) is 2.26. The van der Waals surface area contributed by atoms with Gasteiger partial charge >= 0.3 is 6.03 Å². The molecule has 3 N–H and O–H groups in total. The summed E-state index contributed by atoms with van der Waals surface area (Å²) in [6, 6.07) is 13.5. The van der Waals surface area contributed by atoms with Gasteiger partial charge in [0.1, 0.15) is 0 Å². The molecule has 34 heavy (non-hydrogen) atoms. The van der Waals surface area contributed by atoms with Crippen molar-refractivity contribution in [3.63, 3.8) is 0 Å². The van der Waals surface area contributed by atoms with Crippen LogP contribution < -0.4 is 10.6 Å². The molecule has 6 nitrogen and oxygen atoms in total. The van der Waals surface area contributed by atoms with Crippen LogP contribution in [0, 0.1) is 5.41 Å². The lowest BCUT2D eigenvalue weighted by Gasteiger charge is -2.42.